The molecule has 0 bridgehead atoms. The molecule has 22 heavy (non-hydrogen) atoms. The average molecular weight is 342 g/mol. The molecule has 0 saturated heterocycles. The third-order valence-electron chi connectivity index (χ3n) is 2.96. The lowest BCUT2D eigenvalue weighted by Crippen LogP contribution is -2.26. The molecule has 2 aromatic rings. The molecule has 0 radical (unpaired) electrons. The summed E-state index contributed by atoms with van der Waals surface area (Å²) >= 11 is 11.8. The van der Waals surface area contributed by atoms with Crippen LogP contribution < -0.4 is 14.8 Å². The Bertz CT molecular complexity index is 605. The molecule has 1 atom stereocenters. The summed E-state index contributed by atoms with van der Waals surface area (Å²) in [5, 5.41) is 14.0. The molecule has 118 valence electrons. The molecule has 0 unspecified atom stereocenters. The number of methoxy groups -OCH3 is 1. The summed E-state index contributed by atoms with van der Waals surface area (Å²) in [5.41, 5.74) is 0.893. The largest absolute Gasteiger partial charge is 0.497 e. The van der Waals surface area contributed by atoms with Gasteiger partial charge in [-0.25, -0.2) is 0 Å². The Morgan fingerprint density at radius 1 is 1.14 bits per heavy atom. The second-order valence-electron chi connectivity index (χ2n) is 4.65. The molecule has 0 aliphatic carbocycles. The smallest absolute Gasteiger partial charge is 0.138 e. The molecular weight excluding hydrogens is 325 g/mol. The fourth-order valence-electron chi connectivity index (χ4n) is 1.78. The van der Waals surface area contributed by atoms with Crippen molar-refractivity contribution in [1.29, 1.82) is 0 Å². The Morgan fingerprint density at radius 2 is 1.86 bits per heavy atom. The van der Waals surface area contributed by atoms with Gasteiger partial charge >= 0.3 is 0 Å². The van der Waals surface area contributed by atoms with Crippen LogP contribution in [0.4, 0.5) is 5.69 Å². The second kappa shape index (κ2) is 8.13. The van der Waals surface area contributed by atoms with Gasteiger partial charge in [-0.05, 0) is 42.5 Å². The highest BCUT2D eigenvalue weighted by Gasteiger charge is 2.08. The van der Waals surface area contributed by atoms with Gasteiger partial charge in [0.1, 0.15) is 24.2 Å². The van der Waals surface area contributed by atoms with Crippen LogP contribution in [0.2, 0.25) is 10.0 Å². The van der Waals surface area contributed by atoms with Crippen molar-refractivity contribution in [3.63, 3.8) is 0 Å². The van der Waals surface area contributed by atoms with Crippen LogP contribution in [0, 0.1) is 0 Å². The lowest BCUT2D eigenvalue weighted by molar-refractivity contribution is 0.117. The summed E-state index contributed by atoms with van der Waals surface area (Å²) in [6.45, 7) is 0.488. The van der Waals surface area contributed by atoms with Crippen LogP contribution in [0.3, 0.4) is 0 Å². The SMILES string of the molecule is COc1ccc(NC[C@@H](O)COc2ccc(Cl)cc2Cl)cc1. The van der Waals surface area contributed by atoms with Crippen LogP contribution in [0.15, 0.2) is 42.5 Å². The predicted octanol–water partition coefficient (Wildman–Crippen LogP) is 3.85. The molecule has 0 saturated carbocycles. The number of hydrogen-bond acceptors (Lipinski definition) is 4. The Balaban J connectivity index is 1.78. The summed E-state index contributed by atoms with van der Waals surface area (Å²) in [6.07, 6.45) is -0.672. The first-order valence-electron chi connectivity index (χ1n) is 6.72. The first kappa shape index (κ1) is 16.7. The van der Waals surface area contributed by atoms with Crippen molar-refractivity contribution < 1.29 is 14.6 Å². The third kappa shape index (κ3) is 4.98. The number of anilines is 1. The summed E-state index contributed by atoms with van der Waals surface area (Å²) in [7, 11) is 1.62. The molecule has 0 aromatic heterocycles. The van der Waals surface area contributed by atoms with Gasteiger partial charge < -0.3 is 19.9 Å². The van der Waals surface area contributed by atoms with Gasteiger partial charge in [0.15, 0.2) is 0 Å². The van der Waals surface area contributed by atoms with Crippen molar-refractivity contribution in [3.05, 3.63) is 52.5 Å². The predicted molar refractivity (Wildman–Crippen MR) is 89.4 cm³/mol. The maximum atomic E-state index is 9.94. The zero-order valence-electron chi connectivity index (χ0n) is 12.1. The lowest BCUT2D eigenvalue weighted by Gasteiger charge is -2.15. The van der Waals surface area contributed by atoms with Gasteiger partial charge in [-0.15, -0.1) is 0 Å². The highest BCUT2D eigenvalue weighted by atomic mass is 35.5. The van der Waals surface area contributed by atoms with Crippen molar-refractivity contribution in [2.24, 2.45) is 0 Å². The van der Waals surface area contributed by atoms with Crippen molar-refractivity contribution in [2.75, 3.05) is 25.6 Å². The van der Waals surface area contributed by atoms with E-state index < -0.39 is 6.10 Å². The average Bonchev–Trinajstić information content (AvgIpc) is 2.52. The lowest BCUT2D eigenvalue weighted by atomic mass is 10.3. The highest BCUT2D eigenvalue weighted by Crippen LogP contribution is 2.27. The Hall–Kier alpha value is -1.62. The molecule has 4 nitrogen and oxygen atoms in total. The highest BCUT2D eigenvalue weighted by molar-refractivity contribution is 6.35. The molecule has 2 rings (SSSR count). The zero-order valence-corrected chi connectivity index (χ0v) is 13.6. The number of ether oxygens (including phenoxy) is 2. The second-order valence-corrected chi connectivity index (χ2v) is 5.49. The maximum absolute atomic E-state index is 9.94. The van der Waals surface area contributed by atoms with Crippen LogP contribution in [0.1, 0.15) is 0 Å². The van der Waals surface area contributed by atoms with Crippen LogP contribution in [0.5, 0.6) is 11.5 Å². The van der Waals surface area contributed by atoms with Gasteiger partial charge in [-0.3, -0.25) is 0 Å². The number of aliphatic hydroxyl groups excluding tert-OH is 1. The number of aliphatic hydroxyl groups is 1. The van der Waals surface area contributed by atoms with E-state index in [0.29, 0.717) is 22.3 Å². The topological polar surface area (TPSA) is 50.7 Å². The van der Waals surface area contributed by atoms with E-state index >= 15 is 0 Å². The minimum atomic E-state index is -0.672. The molecule has 0 aliphatic heterocycles. The van der Waals surface area contributed by atoms with Gasteiger partial charge in [0, 0.05) is 17.3 Å². The van der Waals surface area contributed by atoms with E-state index in [2.05, 4.69) is 5.32 Å². The first-order valence-corrected chi connectivity index (χ1v) is 7.48. The number of nitrogens with one attached hydrogen (secondary N) is 1. The van der Waals surface area contributed by atoms with Crippen LogP contribution in [-0.4, -0.2) is 31.5 Å². The Labute approximate surface area is 139 Å². The quantitative estimate of drug-likeness (QED) is 0.802. The molecule has 0 spiro atoms. The molecule has 0 fully saturated rings. The number of hydrogen-bond donors (Lipinski definition) is 2. The maximum Gasteiger partial charge on any atom is 0.138 e. The molecule has 6 heteroatoms. The van der Waals surface area contributed by atoms with E-state index in [1.807, 2.05) is 24.3 Å². The Morgan fingerprint density at radius 3 is 2.50 bits per heavy atom. The van der Waals surface area contributed by atoms with E-state index in [4.69, 9.17) is 32.7 Å². The minimum Gasteiger partial charge on any atom is -0.497 e. The number of rotatable bonds is 7. The summed E-state index contributed by atoms with van der Waals surface area (Å²) in [4.78, 5) is 0. The van der Waals surface area contributed by atoms with Gasteiger partial charge in [0.2, 0.25) is 0 Å². The van der Waals surface area contributed by atoms with Gasteiger partial charge in [0.25, 0.3) is 0 Å². The Kier molecular flexibility index (Phi) is 6.19. The van der Waals surface area contributed by atoms with Crippen LogP contribution in [0.25, 0.3) is 0 Å². The van der Waals surface area contributed by atoms with Gasteiger partial charge in [-0.1, -0.05) is 23.2 Å². The van der Waals surface area contributed by atoms with E-state index in [1.165, 1.54) is 0 Å². The number of halogens is 2. The van der Waals surface area contributed by atoms with E-state index in [0.717, 1.165) is 11.4 Å². The van der Waals surface area contributed by atoms with Crippen LogP contribution in [-0.2, 0) is 0 Å². The molecule has 0 amide bonds. The monoisotopic (exact) mass is 341 g/mol. The molecular formula is C16H17Cl2NO3. The standard InChI is InChI=1S/C16H17Cl2NO3/c1-21-14-5-3-12(4-6-14)19-9-13(20)10-22-16-7-2-11(17)8-15(16)18/h2-8,13,19-20H,9-10H2,1H3/t13-/m1/s1. The fraction of sp³-hybridized carbons (Fsp3) is 0.250. The molecule has 0 heterocycles. The third-order valence-corrected chi connectivity index (χ3v) is 3.49. The summed E-state index contributed by atoms with van der Waals surface area (Å²) in [6, 6.07) is 12.4. The van der Waals surface area contributed by atoms with Gasteiger partial charge in [-0.2, -0.15) is 0 Å². The normalized spacial score (nSPS) is 11.8. The van der Waals surface area contributed by atoms with E-state index in [9.17, 15) is 5.11 Å². The molecule has 2 N–H and O–H groups in total. The van der Waals surface area contributed by atoms with Crippen LogP contribution >= 0.6 is 23.2 Å². The van der Waals surface area contributed by atoms with Crippen molar-refractivity contribution in [2.45, 2.75) is 6.10 Å². The summed E-state index contributed by atoms with van der Waals surface area (Å²) in [5.74, 6) is 1.28. The van der Waals surface area contributed by atoms with Crippen molar-refractivity contribution >= 4 is 28.9 Å². The first-order chi connectivity index (χ1) is 10.6. The van der Waals surface area contributed by atoms with Crippen molar-refractivity contribution in [1.82, 2.24) is 0 Å². The minimum absolute atomic E-state index is 0.129. The zero-order chi connectivity index (χ0) is 15.9. The van der Waals surface area contributed by atoms with Crippen molar-refractivity contribution in [3.8, 4) is 11.5 Å². The van der Waals surface area contributed by atoms with E-state index in [-0.39, 0.29) is 6.61 Å². The molecule has 0 aliphatic rings. The molecule has 2 aromatic carbocycles. The fourth-order valence-corrected chi connectivity index (χ4v) is 2.24. The summed E-state index contributed by atoms with van der Waals surface area (Å²) < 4.78 is 10.6. The van der Waals surface area contributed by atoms with Gasteiger partial charge in [0.05, 0.1) is 12.1 Å². The number of benzene rings is 2. The van der Waals surface area contributed by atoms with E-state index in [1.54, 1.807) is 25.3 Å².